The predicted octanol–water partition coefficient (Wildman–Crippen LogP) is 8.37. The summed E-state index contributed by atoms with van der Waals surface area (Å²) >= 11 is 0. The fourth-order valence-electron chi connectivity index (χ4n) is 6.28. The molecule has 0 fully saturated rings. The molecule has 8 rings (SSSR count). The van der Waals surface area contributed by atoms with Crippen LogP contribution in [0.2, 0.25) is 0 Å². The van der Waals surface area contributed by atoms with Gasteiger partial charge in [0.05, 0.1) is 26.5 Å². The fourth-order valence-corrected chi connectivity index (χ4v) is 7.94. The van der Waals surface area contributed by atoms with Gasteiger partial charge in [-0.3, -0.25) is 4.57 Å². The Kier molecular flexibility index (Phi) is 4.85. The zero-order valence-corrected chi connectivity index (χ0v) is 22.6. The van der Waals surface area contributed by atoms with Gasteiger partial charge in [0.15, 0.2) is 0 Å². The van der Waals surface area contributed by atoms with Gasteiger partial charge in [-0.15, -0.1) is 0 Å². The number of hydrogen-bond acceptors (Lipinski definition) is 3. The average molecular weight is 537 g/mol. The number of imidazole rings is 1. The Bertz CT molecular complexity index is 2260. The maximum Gasteiger partial charge on any atom is 0.210 e. The first-order valence-corrected chi connectivity index (χ1v) is 14.9. The number of fused-ring (bicyclic) bond motifs is 5. The summed E-state index contributed by atoms with van der Waals surface area (Å²) in [5, 5.41) is 4.89. The number of rotatable bonds is 3. The second kappa shape index (κ2) is 8.38. The molecule has 0 N–H and O–H groups in total. The molecule has 192 valence electrons. The van der Waals surface area contributed by atoms with Gasteiger partial charge in [0, 0.05) is 12.0 Å². The molecule has 1 aliphatic rings. The van der Waals surface area contributed by atoms with E-state index in [4.69, 9.17) is 4.98 Å². The number of para-hydroxylation sites is 2. The molecule has 5 heteroatoms. The first-order chi connectivity index (χ1) is 19.6. The van der Waals surface area contributed by atoms with Crippen LogP contribution in [0.5, 0.6) is 0 Å². The third-order valence-corrected chi connectivity index (χ3v) is 9.92. The Labute approximate surface area is 232 Å². The molecular weight excluding hydrogens is 512 g/mol. The zero-order valence-electron chi connectivity index (χ0n) is 21.8. The first kappa shape index (κ1) is 23.2. The highest BCUT2D eigenvalue weighted by atomic mass is 32.2. The monoisotopic (exact) mass is 536 g/mol. The van der Waals surface area contributed by atoms with Gasteiger partial charge in [0.1, 0.15) is 5.82 Å². The number of aromatic nitrogens is 2. The molecule has 0 aliphatic carbocycles. The molecule has 0 radical (unpaired) electrons. The van der Waals surface area contributed by atoms with Crippen LogP contribution in [-0.2, 0) is 16.3 Å². The van der Waals surface area contributed by atoms with E-state index in [1.165, 1.54) is 27.1 Å². The van der Waals surface area contributed by atoms with Crippen molar-refractivity contribution < 1.29 is 8.42 Å². The van der Waals surface area contributed by atoms with Gasteiger partial charge in [0.2, 0.25) is 9.84 Å². The topological polar surface area (TPSA) is 52.0 Å². The van der Waals surface area contributed by atoms with Crippen LogP contribution in [0.4, 0.5) is 0 Å². The van der Waals surface area contributed by atoms with Gasteiger partial charge in [-0.2, -0.15) is 0 Å². The zero-order chi connectivity index (χ0) is 27.0. The second-order valence-corrected chi connectivity index (χ2v) is 12.2. The molecule has 0 bridgehead atoms. The predicted molar refractivity (Wildman–Crippen MR) is 162 cm³/mol. The summed E-state index contributed by atoms with van der Waals surface area (Å²) < 4.78 is 29.6. The summed E-state index contributed by atoms with van der Waals surface area (Å²) in [6.45, 7) is 2.05. The summed E-state index contributed by atoms with van der Waals surface area (Å²) in [4.78, 5) is 5.45. The summed E-state index contributed by atoms with van der Waals surface area (Å²) in [7, 11) is -3.69. The Morgan fingerprint density at radius 1 is 0.650 bits per heavy atom. The van der Waals surface area contributed by atoms with Gasteiger partial charge in [-0.1, -0.05) is 97.9 Å². The largest absolute Gasteiger partial charge is 0.293 e. The van der Waals surface area contributed by atoms with Crippen molar-refractivity contribution in [3.05, 3.63) is 121 Å². The Morgan fingerprint density at radius 2 is 1.30 bits per heavy atom. The van der Waals surface area contributed by atoms with E-state index < -0.39 is 9.84 Å². The highest BCUT2D eigenvalue weighted by molar-refractivity contribution is 7.92. The molecule has 4 nitrogen and oxygen atoms in total. The standard InChI is InChI=1S/C35H24N2O2S/c1-2-33-36-30-14-8-16-32-35(30)37(33)34-26(13-7-15-31(34)40(32,38)39)22-17-19-23(20-18-22)29-21-24-9-3-4-10-25(24)27-11-5-6-12-28(27)29/h3-21H,2H2,1H3. The Balaban J connectivity index is 1.34. The van der Waals surface area contributed by atoms with Crippen LogP contribution < -0.4 is 0 Å². The van der Waals surface area contributed by atoms with Crippen LogP contribution in [0.25, 0.3) is 60.5 Å². The lowest BCUT2D eigenvalue weighted by molar-refractivity contribution is 0.594. The van der Waals surface area contributed by atoms with E-state index in [0.29, 0.717) is 32.9 Å². The number of hydrogen-bond donors (Lipinski definition) is 0. The van der Waals surface area contributed by atoms with Crippen molar-refractivity contribution in [1.29, 1.82) is 0 Å². The highest BCUT2D eigenvalue weighted by Gasteiger charge is 2.34. The quantitative estimate of drug-likeness (QED) is 0.213. The third-order valence-electron chi connectivity index (χ3n) is 8.10. The second-order valence-electron chi connectivity index (χ2n) is 10.3. The maximum atomic E-state index is 13.8. The van der Waals surface area contributed by atoms with Crippen molar-refractivity contribution in [2.45, 2.75) is 23.1 Å². The molecule has 0 saturated heterocycles. The summed E-state index contributed by atoms with van der Waals surface area (Å²) in [6, 6.07) is 38.7. The van der Waals surface area contributed by atoms with Crippen LogP contribution in [0.3, 0.4) is 0 Å². The Hall–Kier alpha value is -4.74. The average Bonchev–Trinajstić information content (AvgIpc) is 3.38. The van der Waals surface area contributed by atoms with E-state index in [0.717, 1.165) is 22.5 Å². The molecule has 6 aromatic carbocycles. The Morgan fingerprint density at radius 3 is 2.08 bits per heavy atom. The smallest absolute Gasteiger partial charge is 0.210 e. The minimum absolute atomic E-state index is 0.320. The summed E-state index contributed by atoms with van der Waals surface area (Å²) in [5.41, 5.74) is 6.19. The van der Waals surface area contributed by atoms with E-state index >= 15 is 0 Å². The van der Waals surface area contributed by atoms with E-state index in [1.54, 1.807) is 18.2 Å². The van der Waals surface area contributed by atoms with Crippen molar-refractivity contribution in [3.8, 4) is 27.9 Å². The highest BCUT2D eigenvalue weighted by Crippen LogP contribution is 2.44. The van der Waals surface area contributed by atoms with Crippen molar-refractivity contribution in [3.63, 3.8) is 0 Å². The lowest BCUT2D eigenvalue weighted by Gasteiger charge is -2.23. The maximum absolute atomic E-state index is 13.8. The number of nitrogens with zero attached hydrogens (tertiary/aromatic N) is 2. The molecule has 1 aromatic heterocycles. The minimum Gasteiger partial charge on any atom is -0.293 e. The normalized spacial score (nSPS) is 13.6. The van der Waals surface area contributed by atoms with Gasteiger partial charge in [0.25, 0.3) is 0 Å². The summed E-state index contributed by atoms with van der Waals surface area (Å²) in [5.74, 6) is 0.852. The van der Waals surface area contributed by atoms with Crippen LogP contribution in [0, 0.1) is 0 Å². The number of benzene rings is 6. The third kappa shape index (κ3) is 3.12. The van der Waals surface area contributed by atoms with Crippen LogP contribution in [0.1, 0.15) is 12.7 Å². The minimum atomic E-state index is -3.69. The number of sulfone groups is 1. The molecule has 0 amide bonds. The van der Waals surface area contributed by atoms with Crippen molar-refractivity contribution in [2.24, 2.45) is 0 Å². The van der Waals surface area contributed by atoms with Gasteiger partial charge in [-0.25, -0.2) is 13.4 Å². The van der Waals surface area contributed by atoms with Crippen molar-refractivity contribution >= 4 is 42.4 Å². The fraction of sp³-hybridized carbons (Fsp3) is 0.0571. The molecule has 1 aliphatic heterocycles. The molecule has 0 saturated carbocycles. The van der Waals surface area contributed by atoms with Crippen molar-refractivity contribution in [2.75, 3.05) is 0 Å². The molecule has 2 heterocycles. The molecule has 7 aromatic rings. The molecular formula is C35H24N2O2S. The van der Waals surface area contributed by atoms with E-state index in [-0.39, 0.29) is 0 Å². The molecule has 0 unspecified atom stereocenters. The molecule has 0 spiro atoms. The van der Waals surface area contributed by atoms with Crippen LogP contribution in [0.15, 0.2) is 125 Å². The first-order valence-electron chi connectivity index (χ1n) is 13.5. The SMILES string of the molecule is CCc1nc2cccc3c2n1-c1c(-c2ccc(-c4cc5ccccc5c5ccccc45)cc2)cccc1S3(=O)=O. The van der Waals surface area contributed by atoms with Crippen molar-refractivity contribution in [1.82, 2.24) is 9.55 Å². The van der Waals surface area contributed by atoms with E-state index in [1.807, 2.05) is 18.2 Å². The molecule has 0 atom stereocenters. The molecule has 40 heavy (non-hydrogen) atoms. The van der Waals surface area contributed by atoms with E-state index in [2.05, 4.69) is 90.4 Å². The lowest BCUT2D eigenvalue weighted by atomic mass is 9.92. The van der Waals surface area contributed by atoms with Gasteiger partial charge in [-0.05, 0) is 62.5 Å². The van der Waals surface area contributed by atoms with E-state index in [9.17, 15) is 8.42 Å². The van der Waals surface area contributed by atoms with Gasteiger partial charge < -0.3 is 0 Å². The van der Waals surface area contributed by atoms with Crippen LogP contribution in [-0.4, -0.2) is 18.0 Å². The van der Waals surface area contributed by atoms with Gasteiger partial charge >= 0.3 is 0 Å². The van der Waals surface area contributed by atoms with Crippen LogP contribution >= 0.6 is 0 Å². The number of aryl methyl sites for hydroxylation is 1. The summed E-state index contributed by atoms with van der Waals surface area (Å²) in [6.07, 6.45) is 0.690. The lowest BCUT2D eigenvalue weighted by Crippen LogP contribution is -2.16.